The molecule has 0 saturated heterocycles. The first-order chi connectivity index (χ1) is 7.06. The van der Waals surface area contributed by atoms with Crippen LogP contribution in [0.4, 0.5) is 0 Å². The van der Waals surface area contributed by atoms with Gasteiger partial charge in [0, 0.05) is 11.8 Å². The van der Waals surface area contributed by atoms with E-state index in [2.05, 4.69) is 15.1 Å². The van der Waals surface area contributed by atoms with Gasteiger partial charge in [-0.2, -0.15) is 4.98 Å². The van der Waals surface area contributed by atoms with Gasteiger partial charge in [0.25, 0.3) is 5.56 Å². The number of carboxylic acid groups (broad SMARTS) is 1. The van der Waals surface area contributed by atoms with Gasteiger partial charge in [0.05, 0.1) is 0 Å². The second-order valence-corrected chi connectivity index (χ2v) is 3.11. The number of nitrogens with zero attached hydrogens (tertiary/aromatic N) is 3. The van der Waals surface area contributed by atoms with Crippen LogP contribution < -0.4 is 5.56 Å². The predicted octanol–water partition coefficient (Wildman–Crippen LogP) is -1.47. The predicted molar refractivity (Wildman–Crippen MR) is 53.3 cm³/mol. The number of nitrogens with one attached hydrogen (secondary N) is 1. The van der Waals surface area contributed by atoms with Gasteiger partial charge in [-0.3, -0.25) is 14.6 Å². The fraction of sp³-hybridized carbons (Fsp3) is 0.250. The topological polar surface area (TPSA) is 132 Å². The zero-order valence-corrected chi connectivity index (χ0v) is 8.39. The molecular formula is C8H10N4O4. The van der Waals surface area contributed by atoms with Crippen LogP contribution in [0.2, 0.25) is 0 Å². The van der Waals surface area contributed by atoms with Crippen molar-refractivity contribution in [2.45, 2.75) is 13.3 Å². The molecule has 2 aromatic heterocycles. The molecule has 0 spiro atoms. The molecule has 0 bridgehead atoms. The van der Waals surface area contributed by atoms with E-state index in [1.807, 2.05) is 0 Å². The van der Waals surface area contributed by atoms with Crippen molar-refractivity contribution in [3.8, 4) is 0 Å². The van der Waals surface area contributed by atoms with Gasteiger partial charge >= 0.3 is 5.97 Å². The molecule has 0 atom stereocenters. The molecule has 8 heteroatoms. The Bertz CT molecular complexity index is 585. The average Bonchev–Trinajstić information content (AvgIpc) is 2.45. The quantitative estimate of drug-likeness (QED) is 0.645. The third kappa shape index (κ3) is 2.06. The number of aromatic nitrogens is 4. The summed E-state index contributed by atoms with van der Waals surface area (Å²) >= 11 is 0. The minimum absolute atomic E-state index is 0. The summed E-state index contributed by atoms with van der Waals surface area (Å²) in [6.45, 7) is 1.70. The summed E-state index contributed by atoms with van der Waals surface area (Å²) in [6.07, 6.45) is -0.261. The second kappa shape index (κ2) is 4.11. The largest absolute Gasteiger partial charge is 0.481 e. The third-order valence-corrected chi connectivity index (χ3v) is 1.87. The maximum Gasteiger partial charge on any atom is 0.311 e. The van der Waals surface area contributed by atoms with E-state index in [1.54, 1.807) is 6.92 Å². The van der Waals surface area contributed by atoms with E-state index in [0.29, 0.717) is 5.69 Å². The summed E-state index contributed by atoms with van der Waals surface area (Å²) in [5.41, 5.74) is 0.326. The van der Waals surface area contributed by atoms with E-state index in [1.165, 1.54) is 10.6 Å². The van der Waals surface area contributed by atoms with Crippen molar-refractivity contribution in [3.05, 3.63) is 27.9 Å². The molecule has 0 unspecified atom stereocenters. The molecule has 2 aromatic rings. The van der Waals surface area contributed by atoms with Gasteiger partial charge in [-0.25, -0.2) is 4.52 Å². The van der Waals surface area contributed by atoms with E-state index in [0.717, 1.165) is 0 Å². The van der Waals surface area contributed by atoms with Gasteiger partial charge in [-0.15, -0.1) is 5.10 Å². The Hall–Kier alpha value is -2.22. The Morgan fingerprint density at radius 2 is 2.31 bits per heavy atom. The molecular weight excluding hydrogens is 216 g/mol. The lowest BCUT2D eigenvalue weighted by Crippen LogP contribution is -2.09. The first kappa shape index (κ1) is 11.9. The van der Waals surface area contributed by atoms with Crippen LogP contribution in [0.1, 0.15) is 11.5 Å². The molecule has 0 saturated carbocycles. The van der Waals surface area contributed by atoms with Gasteiger partial charge in [0.2, 0.25) is 5.78 Å². The van der Waals surface area contributed by atoms with E-state index in [4.69, 9.17) is 5.11 Å². The molecule has 4 N–H and O–H groups in total. The van der Waals surface area contributed by atoms with Gasteiger partial charge in [-0.1, -0.05) is 0 Å². The molecule has 0 radical (unpaired) electrons. The van der Waals surface area contributed by atoms with Crippen molar-refractivity contribution in [1.82, 2.24) is 19.6 Å². The minimum Gasteiger partial charge on any atom is -0.481 e. The summed E-state index contributed by atoms with van der Waals surface area (Å²) in [7, 11) is 0. The number of H-pyrrole nitrogens is 1. The molecule has 0 aromatic carbocycles. The monoisotopic (exact) mass is 226 g/mol. The number of hydrogen-bond acceptors (Lipinski definition) is 4. The van der Waals surface area contributed by atoms with Crippen molar-refractivity contribution in [1.29, 1.82) is 0 Å². The zero-order chi connectivity index (χ0) is 11.0. The van der Waals surface area contributed by atoms with Crippen LogP contribution >= 0.6 is 0 Å². The molecule has 2 rings (SSSR count). The first-order valence-corrected chi connectivity index (χ1v) is 4.23. The SMILES string of the molecule is Cc1cc(=O)[nH]c2nc(CC(=O)O)nn12.O. The molecule has 0 fully saturated rings. The molecule has 0 aliphatic rings. The van der Waals surface area contributed by atoms with E-state index < -0.39 is 5.97 Å². The first-order valence-electron chi connectivity index (χ1n) is 4.23. The van der Waals surface area contributed by atoms with E-state index >= 15 is 0 Å². The number of rotatable bonds is 2. The summed E-state index contributed by atoms with van der Waals surface area (Å²) < 4.78 is 1.40. The maximum absolute atomic E-state index is 11.1. The molecule has 0 aliphatic carbocycles. The van der Waals surface area contributed by atoms with Crippen molar-refractivity contribution in [3.63, 3.8) is 0 Å². The van der Waals surface area contributed by atoms with Crippen molar-refractivity contribution in [2.24, 2.45) is 0 Å². The zero-order valence-electron chi connectivity index (χ0n) is 8.39. The Kier molecular flexibility index (Phi) is 3.04. The summed E-state index contributed by atoms with van der Waals surface area (Å²) in [6, 6.07) is 1.37. The van der Waals surface area contributed by atoms with E-state index in [-0.39, 0.29) is 29.1 Å². The number of aromatic amines is 1. The van der Waals surface area contributed by atoms with Crippen LogP contribution in [-0.2, 0) is 11.2 Å². The highest BCUT2D eigenvalue weighted by Gasteiger charge is 2.09. The molecule has 0 aliphatic heterocycles. The minimum atomic E-state index is -1.01. The molecule has 2 heterocycles. The van der Waals surface area contributed by atoms with Crippen LogP contribution in [0, 0.1) is 6.92 Å². The molecule has 16 heavy (non-hydrogen) atoms. The Balaban J connectivity index is 0.00000128. The standard InChI is InChI=1S/C8H8N4O3.H2O/c1-4-2-6(13)10-8-9-5(3-7(14)15)11-12(4)8;/h2H,3H2,1H3,(H,14,15)(H,9,10,11,13);1H2. The summed E-state index contributed by atoms with van der Waals surface area (Å²) in [4.78, 5) is 27.9. The van der Waals surface area contributed by atoms with Crippen LogP contribution in [0.25, 0.3) is 5.78 Å². The molecule has 0 amide bonds. The average molecular weight is 226 g/mol. The Morgan fingerprint density at radius 3 is 2.94 bits per heavy atom. The van der Waals surface area contributed by atoms with Crippen LogP contribution in [0.15, 0.2) is 10.9 Å². The number of carboxylic acids is 1. The van der Waals surface area contributed by atoms with Crippen molar-refractivity contribution in [2.75, 3.05) is 0 Å². The smallest absolute Gasteiger partial charge is 0.311 e. The van der Waals surface area contributed by atoms with Crippen LogP contribution in [-0.4, -0.2) is 36.1 Å². The number of aryl methyl sites for hydroxylation is 1. The highest BCUT2D eigenvalue weighted by Crippen LogP contribution is 1.99. The van der Waals surface area contributed by atoms with Crippen LogP contribution in [0.5, 0.6) is 0 Å². The van der Waals surface area contributed by atoms with Crippen molar-refractivity contribution < 1.29 is 15.4 Å². The molecule has 86 valence electrons. The van der Waals surface area contributed by atoms with E-state index in [9.17, 15) is 9.59 Å². The Morgan fingerprint density at radius 1 is 1.62 bits per heavy atom. The number of hydrogen-bond donors (Lipinski definition) is 2. The number of fused-ring (bicyclic) bond motifs is 1. The number of carbonyl (C=O) groups is 1. The van der Waals surface area contributed by atoms with Gasteiger partial charge in [-0.05, 0) is 6.92 Å². The fourth-order valence-corrected chi connectivity index (χ4v) is 1.29. The maximum atomic E-state index is 11.1. The van der Waals surface area contributed by atoms with Gasteiger partial charge < -0.3 is 10.6 Å². The lowest BCUT2D eigenvalue weighted by atomic mass is 10.4. The number of aliphatic carboxylic acids is 1. The van der Waals surface area contributed by atoms with Gasteiger partial charge in [0.15, 0.2) is 5.82 Å². The van der Waals surface area contributed by atoms with Gasteiger partial charge in [0.1, 0.15) is 6.42 Å². The lowest BCUT2D eigenvalue weighted by molar-refractivity contribution is -0.136. The lowest BCUT2D eigenvalue weighted by Gasteiger charge is -1.93. The highest BCUT2D eigenvalue weighted by atomic mass is 16.4. The Labute approximate surface area is 88.9 Å². The highest BCUT2D eigenvalue weighted by molar-refractivity contribution is 5.69. The fourth-order valence-electron chi connectivity index (χ4n) is 1.29. The normalized spacial score (nSPS) is 10.1. The second-order valence-electron chi connectivity index (χ2n) is 3.11. The summed E-state index contributed by atoms with van der Waals surface area (Å²) in [5.74, 6) is -0.574. The molecule has 8 nitrogen and oxygen atoms in total. The van der Waals surface area contributed by atoms with Crippen molar-refractivity contribution >= 4 is 11.7 Å². The third-order valence-electron chi connectivity index (χ3n) is 1.87. The van der Waals surface area contributed by atoms with Crippen LogP contribution in [0.3, 0.4) is 0 Å². The summed E-state index contributed by atoms with van der Waals surface area (Å²) in [5, 5.41) is 12.5.